The predicted octanol–water partition coefficient (Wildman–Crippen LogP) is 25.4. The van der Waals surface area contributed by atoms with Crippen LogP contribution < -0.4 is 5.32 Å². The number of aliphatic hydroxyl groups excluding tert-OH is 2. The van der Waals surface area contributed by atoms with Gasteiger partial charge in [-0.15, -0.1) is 0 Å². The van der Waals surface area contributed by atoms with Crippen LogP contribution in [-0.4, -0.2) is 47.4 Å². The fourth-order valence-corrected chi connectivity index (χ4v) is 12.3. The van der Waals surface area contributed by atoms with Crippen molar-refractivity contribution in [2.75, 3.05) is 13.2 Å². The third-order valence-corrected chi connectivity index (χ3v) is 18.2. The monoisotopic (exact) mass is 1190 g/mol. The molecule has 0 aromatic rings. The minimum absolute atomic E-state index is 0.00376. The highest BCUT2D eigenvalue weighted by atomic mass is 16.5. The Balaban J connectivity index is 3.38. The molecular formula is C79H151NO5. The molecule has 0 spiro atoms. The van der Waals surface area contributed by atoms with Crippen molar-refractivity contribution in [1.29, 1.82) is 0 Å². The number of ether oxygens (including phenoxy) is 1. The largest absolute Gasteiger partial charge is 0.466 e. The summed E-state index contributed by atoms with van der Waals surface area (Å²) < 4.78 is 5.49. The van der Waals surface area contributed by atoms with E-state index < -0.39 is 12.1 Å². The van der Waals surface area contributed by atoms with Gasteiger partial charge in [0, 0.05) is 12.8 Å². The van der Waals surface area contributed by atoms with Gasteiger partial charge in [0.1, 0.15) is 0 Å². The van der Waals surface area contributed by atoms with Crippen molar-refractivity contribution in [2.45, 2.75) is 443 Å². The van der Waals surface area contributed by atoms with Gasteiger partial charge in [0.05, 0.1) is 25.4 Å². The van der Waals surface area contributed by atoms with Crippen molar-refractivity contribution in [1.82, 2.24) is 5.32 Å². The Bertz CT molecular complexity index is 1380. The standard InChI is InChI=1S/C79H151NO5/c1-3-5-7-9-11-13-15-17-19-21-22-23-31-34-37-40-43-47-51-55-59-63-67-71-77(82)76(75-81)80-78(83)72-68-64-60-56-52-48-44-41-38-35-32-29-27-25-24-26-28-30-33-36-39-42-46-50-54-58-62-66-70-74-85-79(84)73-69-65-61-57-53-49-45-20-18-16-14-12-10-8-6-4-2/h14,16,20,24,26,45,76-77,81-82H,3-13,15,17-19,21-23,25,27-44,46-75H2,1-2H3,(H,80,83)/b16-14-,26-24-,45-20-. The van der Waals surface area contributed by atoms with E-state index in [1.54, 1.807) is 0 Å². The molecule has 0 radical (unpaired) electrons. The van der Waals surface area contributed by atoms with Crippen LogP contribution in [0.3, 0.4) is 0 Å². The third-order valence-electron chi connectivity index (χ3n) is 18.2. The lowest BCUT2D eigenvalue weighted by molar-refractivity contribution is -0.143. The van der Waals surface area contributed by atoms with Gasteiger partial charge in [0.2, 0.25) is 5.91 Å². The molecule has 0 aliphatic heterocycles. The van der Waals surface area contributed by atoms with Gasteiger partial charge in [-0.25, -0.2) is 0 Å². The van der Waals surface area contributed by atoms with Gasteiger partial charge in [-0.2, -0.15) is 0 Å². The molecule has 0 fully saturated rings. The number of carbonyl (C=O) groups excluding carboxylic acids is 2. The first-order chi connectivity index (χ1) is 42.0. The maximum Gasteiger partial charge on any atom is 0.305 e. The van der Waals surface area contributed by atoms with Crippen LogP contribution >= 0.6 is 0 Å². The van der Waals surface area contributed by atoms with E-state index in [1.165, 1.54) is 347 Å². The summed E-state index contributed by atoms with van der Waals surface area (Å²) in [6, 6.07) is -0.543. The molecular weight excluding hydrogens is 1040 g/mol. The predicted molar refractivity (Wildman–Crippen MR) is 375 cm³/mol. The minimum Gasteiger partial charge on any atom is -0.466 e. The Kier molecular flexibility index (Phi) is 72.9. The highest BCUT2D eigenvalue weighted by Crippen LogP contribution is 2.19. The van der Waals surface area contributed by atoms with E-state index in [1.807, 2.05) is 0 Å². The van der Waals surface area contributed by atoms with Crippen LogP contribution in [0.4, 0.5) is 0 Å². The van der Waals surface area contributed by atoms with Gasteiger partial charge < -0.3 is 20.3 Å². The molecule has 0 heterocycles. The molecule has 85 heavy (non-hydrogen) atoms. The summed E-state index contributed by atoms with van der Waals surface area (Å²) >= 11 is 0. The third kappa shape index (κ3) is 71.0. The lowest BCUT2D eigenvalue weighted by atomic mass is 10.0. The number of esters is 1. The molecule has 0 bridgehead atoms. The maximum atomic E-state index is 12.6. The van der Waals surface area contributed by atoms with Crippen LogP contribution in [0.15, 0.2) is 36.5 Å². The van der Waals surface area contributed by atoms with Crippen molar-refractivity contribution in [2.24, 2.45) is 0 Å². The first kappa shape index (κ1) is 83.1. The second-order valence-electron chi connectivity index (χ2n) is 26.7. The molecule has 0 aliphatic carbocycles. The van der Waals surface area contributed by atoms with Gasteiger partial charge in [0.25, 0.3) is 0 Å². The summed E-state index contributed by atoms with van der Waals surface area (Å²) in [7, 11) is 0. The molecule has 2 unspecified atom stereocenters. The molecule has 6 heteroatoms. The van der Waals surface area contributed by atoms with Crippen molar-refractivity contribution in [3.8, 4) is 0 Å². The molecule has 3 N–H and O–H groups in total. The molecule has 6 nitrogen and oxygen atoms in total. The summed E-state index contributed by atoms with van der Waals surface area (Å²) in [5.74, 6) is -0.0255. The SMILES string of the molecule is CCCCCC/C=C\C/C=C\CCCCCCCC(=O)OCCCCCCCCCCCCCC/C=C\CCCCCCCCCCCCCCCC(=O)NC(CO)C(O)CCCCCCCCCCCCCCCCCCCCCCCCC. The smallest absolute Gasteiger partial charge is 0.305 e. The van der Waals surface area contributed by atoms with E-state index in [-0.39, 0.29) is 18.5 Å². The van der Waals surface area contributed by atoms with Crippen molar-refractivity contribution in [3.05, 3.63) is 36.5 Å². The van der Waals surface area contributed by atoms with Gasteiger partial charge in [0.15, 0.2) is 0 Å². The zero-order valence-electron chi connectivity index (χ0n) is 57.6. The van der Waals surface area contributed by atoms with Crippen LogP contribution in [0.25, 0.3) is 0 Å². The molecule has 0 rings (SSSR count). The van der Waals surface area contributed by atoms with Gasteiger partial charge in [-0.05, 0) is 83.5 Å². The lowest BCUT2D eigenvalue weighted by Crippen LogP contribution is -2.45. The summed E-state index contributed by atoms with van der Waals surface area (Å²) in [5, 5.41) is 23.5. The molecule has 1 amide bonds. The van der Waals surface area contributed by atoms with Gasteiger partial charge >= 0.3 is 5.97 Å². The number of allylic oxidation sites excluding steroid dienone is 6. The van der Waals surface area contributed by atoms with E-state index in [0.29, 0.717) is 25.9 Å². The zero-order valence-corrected chi connectivity index (χ0v) is 57.6. The summed E-state index contributed by atoms with van der Waals surface area (Å²) in [6.07, 6.45) is 96.5. The molecule has 0 aromatic carbocycles. The summed E-state index contributed by atoms with van der Waals surface area (Å²) in [4.78, 5) is 24.7. The molecule has 0 aliphatic rings. The highest BCUT2D eigenvalue weighted by molar-refractivity contribution is 5.76. The average Bonchev–Trinajstić information content (AvgIpc) is 3.51. The molecule has 0 saturated carbocycles. The van der Waals surface area contributed by atoms with Crippen molar-refractivity contribution in [3.63, 3.8) is 0 Å². The summed E-state index contributed by atoms with van der Waals surface area (Å²) in [5.41, 5.74) is 0. The van der Waals surface area contributed by atoms with E-state index >= 15 is 0 Å². The number of nitrogens with one attached hydrogen (secondary N) is 1. The van der Waals surface area contributed by atoms with Gasteiger partial charge in [-0.1, -0.05) is 371 Å². The number of amides is 1. The number of carbonyl (C=O) groups is 2. The molecule has 502 valence electrons. The van der Waals surface area contributed by atoms with E-state index in [4.69, 9.17) is 4.74 Å². The second-order valence-corrected chi connectivity index (χ2v) is 26.7. The minimum atomic E-state index is -0.666. The lowest BCUT2D eigenvalue weighted by Gasteiger charge is -2.22. The normalized spacial score (nSPS) is 12.7. The molecule has 0 saturated heterocycles. The molecule has 0 aromatic heterocycles. The zero-order chi connectivity index (χ0) is 61.3. The van der Waals surface area contributed by atoms with E-state index in [0.717, 1.165) is 51.4 Å². The Morgan fingerprint density at radius 2 is 0.588 bits per heavy atom. The number of hydrogen-bond acceptors (Lipinski definition) is 5. The Morgan fingerprint density at radius 1 is 0.329 bits per heavy atom. The maximum absolute atomic E-state index is 12.6. The van der Waals surface area contributed by atoms with Crippen LogP contribution in [0.5, 0.6) is 0 Å². The second kappa shape index (κ2) is 74.5. The summed E-state index contributed by atoms with van der Waals surface area (Å²) in [6.45, 7) is 4.97. The Morgan fingerprint density at radius 3 is 0.918 bits per heavy atom. The van der Waals surface area contributed by atoms with E-state index in [2.05, 4.69) is 55.6 Å². The fraction of sp³-hybridized carbons (Fsp3) is 0.899. The number of rotatable bonds is 73. The first-order valence-corrected chi connectivity index (χ1v) is 38.7. The highest BCUT2D eigenvalue weighted by Gasteiger charge is 2.20. The quantitative estimate of drug-likeness (QED) is 0.0320. The van der Waals surface area contributed by atoms with Crippen LogP contribution in [-0.2, 0) is 14.3 Å². The fourth-order valence-electron chi connectivity index (χ4n) is 12.3. The topological polar surface area (TPSA) is 95.9 Å². The average molecular weight is 1200 g/mol. The van der Waals surface area contributed by atoms with Gasteiger partial charge in [-0.3, -0.25) is 9.59 Å². The van der Waals surface area contributed by atoms with Crippen molar-refractivity contribution >= 4 is 11.9 Å². The number of unbranched alkanes of at least 4 members (excludes halogenated alkanes) is 56. The first-order valence-electron chi connectivity index (χ1n) is 38.7. The van der Waals surface area contributed by atoms with Crippen molar-refractivity contribution < 1.29 is 24.5 Å². The number of hydrogen-bond donors (Lipinski definition) is 3. The molecule has 2 atom stereocenters. The van der Waals surface area contributed by atoms with Crippen LogP contribution in [0, 0.1) is 0 Å². The Hall–Kier alpha value is -1.92. The number of aliphatic hydroxyl groups is 2. The van der Waals surface area contributed by atoms with Crippen LogP contribution in [0.1, 0.15) is 431 Å². The Labute approximate surface area is 532 Å². The van der Waals surface area contributed by atoms with E-state index in [9.17, 15) is 19.8 Å². The van der Waals surface area contributed by atoms with Crippen LogP contribution in [0.2, 0.25) is 0 Å².